The summed E-state index contributed by atoms with van der Waals surface area (Å²) < 4.78 is 6.56. The molecule has 1 aliphatic rings. The number of carbonyl (C=O) groups excluding carboxylic acids is 1. The van der Waals surface area contributed by atoms with Crippen molar-refractivity contribution in [2.45, 2.75) is 43.8 Å². The summed E-state index contributed by atoms with van der Waals surface area (Å²) in [6.45, 7) is 6.36. The van der Waals surface area contributed by atoms with Crippen molar-refractivity contribution in [2.24, 2.45) is 0 Å². The minimum absolute atomic E-state index is 0.0765. The SMILES string of the molecule is COC(=O)[C@H](C)Sc1nc2sc3c(c2c(=O)n1-c1ccc(C)cc1)CCN(Cc1ccccc1)C3. The van der Waals surface area contributed by atoms with Crippen molar-refractivity contribution in [1.29, 1.82) is 0 Å². The number of hydrogen-bond acceptors (Lipinski definition) is 7. The van der Waals surface area contributed by atoms with E-state index in [1.807, 2.05) is 37.3 Å². The lowest BCUT2D eigenvalue weighted by Gasteiger charge is -2.26. The molecule has 0 aliphatic carbocycles. The molecule has 0 amide bonds. The molecule has 180 valence electrons. The van der Waals surface area contributed by atoms with Gasteiger partial charge in [0.25, 0.3) is 5.56 Å². The van der Waals surface area contributed by atoms with Crippen LogP contribution in [-0.4, -0.2) is 39.3 Å². The highest BCUT2D eigenvalue weighted by Crippen LogP contribution is 2.35. The van der Waals surface area contributed by atoms with Crippen LogP contribution in [-0.2, 0) is 29.0 Å². The van der Waals surface area contributed by atoms with E-state index in [1.54, 1.807) is 22.8 Å². The number of aryl methyl sites for hydroxylation is 1. The van der Waals surface area contributed by atoms with Crippen LogP contribution in [0, 0.1) is 6.92 Å². The summed E-state index contributed by atoms with van der Waals surface area (Å²) in [7, 11) is 1.37. The molecule has 35 heavy (non-hydrogen) atoms. The van der Waals surface area contributed by atoms with Crippen LogP contribution in [0.15, 0.2) is 64.5 Å². The van der Waals surface area contributed by atoms with Gasteiger partial charge in [0.2, 0.25) is 0 Å². The van der Waals surface area contributed by atoms with Crippen molar-refractivity contribution in [3.63, 3.8) is 0 Å². The molecule has 1 atom stereocenters. The van der Waals surface area contributed by atoms with Gasteiger partial charge in [-0.3, -0.25) is 19.1 Å². The number of hydrogen-bond donors (Lipinski definition) is 0. The summed E-state index contributed by atoms with van der Waals surface area (Å²) in [6, 6.07) is 18.3. The highest BCUT2D eigenvalue weighted by molar-refractivity contribution is 8.00. The molecular formula is C27H27N3O3S2. The molecule has 0 saturated heterocycles. The van der Waals surface area contributed by atoms with Crippen LogP contribution in [0.4, 0.5) is 0 Å². The Morgan fingerprint density at radius 1 is 1.17 bits per heavy atom. The topological polar surface area (TPSA) is 64.4 Å². The third-order valence-corrected chi connectivity index (χ3v) is 8.42. The number of esters is 1. The third kappa shape index (κ3) is 4.78. The summed E-state index contributed by atoms with van der Waals surface area (Å²) in [5.41, 5.74) is 4.18. The van der Waals surface area contributed by atoms with Gasteiger partial charge in [0.15, 0.2) is 5.16 Å². The van der Waals surface area contributed by atoms with Gasteiger partial charge in [-0.05, 0) is 43.5 Å². The van der Waals surface area contributed by atoms with Gasteiger partial charge in [0.1, 0.15) is 10.1 Å². The first-order chi connectivity index (χ1) is 16.9. The molecular weight excluding hydrogens is 478 g/mol. The standard InChI is InChI=1S/C27H27N3O3S2/c1-17-9-11-20(12-10-17)30-25(31)23-21-13-14-29(15-19-7-5-4-6-8-19)16-22(21)35-24(23)28-27(30)34-18(2)26(32)33-3/h4-12,18H,13-16H2,1-3H3/t18-/m0/s1. The molecule has 3 heterocycles. The molecule has 2 aromatic carbocycles. The summed E-state index contributed by atoms with van der Waals surface area (Å²) in [5, 5.41) is 0.723. The number of benzene rings is 2. The molecule has 2 aromatic heterocycles. The molecule has 0 fully saturated rings. The van der Waals surface area contributed by atoms with E-state index in [1.165, 1.54) is 29.3 Å². The maximum Gasteiger partial charge on any atom is 0.318 e. The molecule has 4 aromatic rings. The second-order valence-electron chi connectivity index (χ2n) is 8.78. The van der Waals surface area contributed by atoms with E-state index < -0.39 is 5.25 Å². The molecule has 0 radical (unpaired) electrons. The number of nitrogens with zero attached hydrogens (tertiary/aromatic N) is 3. The number of ether oxygens (including phenoxy) is 1. The number of rotatable bonds is 6. The van der Waals surface area contributed by atoms with Gasteiger partial charge in [-0.15, -0.1) is 11.3 Å². The van der Waals surface area contributed by atoms with E-state index in [0.29, 0.717) is 10.5 Å². The molecule has 1 aliphatic heterocycles. The van der Waals surface area contributed by atoms with Crippen molar-refractivity contribution in [1.82, 2.24) is 14.5 Å². The van der Waals surface area contributed by atoms with Crippen LogP contribution < -0.4 is 5.56 Å². The number of thiophene rings is 1. The Labute approximate surface area is 212 Å². The first-order valence-corrected chi connectivity index (χ1v) is 13.3. The molecule has 5 rings (SSSR count). The van der Waals surface area contributed by atoms with E-state index in [4.69, 9.17) is 9.72 Å². The molecule has 0 spiro atoms. The Bertz CT molecular complexity index is 1430. The second kappa shape index (κ2) is 9.97. The smallest absolute Gasteiger partial charge is 0.318 e. The molecule has 0 unspecified atom stereocenters. The number of carbonyl (C=O) groups is 1. The van der Waals surface area contributed by atoms with Crippen LogP contribution in [0.5, 0.6) is 0 Å². The van der Waals surface area contributed by atoms with Crippen LogP contribution in [0.2, 0.25) is 0 Å². The van der Waals surface area contributed by atoms with E-state index in [0.717, 1.165) is 47.7 Å². The highest BCUT2D eigenvalue weighted by atomic mass is 32.2. The van der Waals surface area contributed by atoms with Gasteiger partial charge in [0.05, 0.1) is 18.2 Å². The Morgan fingerprint density at radius 2 is 1.91 bits per heavy atom. The zero-order valence-electron chi connectivity index (χ0n) is 20.0. The quantitative estimate of drug-likeness (QED) is 0.210. The number of thioether (sulfide) groups is 1. The number of aromatic nitrogens is 2. The molecule has 8 heteroatoms. The van der Waals surface area contributed by atoms with E-state index in [-0.39, 0.29) is 11.5 Å². The van der Waals surface area contributed by atoms with Crippen molar-refractivity contribution in [3.05, 3.63) is 86.5 Å². The van der Waals surface area contributed by atoms with Gasteiger partial charge in [0, 0.05) is 24.5 Å². The van der Waals surface area contributed by atoms with Gasteiger partial charge in [-0.2, -0.15) is 0 Å². The predicted molar refractivity (Wildman–Crippen MR) is 142 cm³/mol. The van der Waals surface area contributed by atoms with Gasteiger partial charge < -0.3 is 4.74 Å². The van der Waals surface area contributed by atoms with Crippen molar-refractivity contribution in [3.8, 4) is 5.69 Å². The largest absolute Gasteiger partial charge is 0.468 e. The fourth-order valence-corrected chi connectivity index (χ4v) is 6.68. The first kappa shape index (κ1) is 23.8. The Balaban J connectivity index is 1.58. The minimum atomic E-state index is -0.489. The van der Waals surface area contributed by atoms with Crippen LogP contribution in [0.3, 0.4) is 0 Å². The number of fused-ring (bicyclic) bond motifs is 3. The lowest BCUT2D eigenvalue weighted by Crippen LogP contribution is -2.30. The lowest BCUT2D eigenvalue weighted by atomic mass is 10.0. The van der Waals surface area contributed by atoms with E-state index >= 15 is 0 Å². The predicted octanol–water partition coefficient (Wildman–Crippen LogP) is 4.97. The van der Waals surface area contributed by atoms with Crippen molar-refractivity contribution < 1.29 is 9.53 Å². The molecule has 0 saturated carbocycles. The summed E-state index contributed by atoms with van der Waals surface area (Å²) >= 11 is 2.85. The lowest BCUT2D eigenvalue weighted by molar-refractivity contribution is -0.139. The van der Waals surface area contributed by atoms with Crippen molar-refractivity contribution in [2.75, 3.05) is 13.7 Å². The van der Waals surface area contributed by atoms with Crippen molar-refractivity contribution >= 4 is 39.3 Å². The van der Waals surface area contributed by atoms with Gasteiger partial charge >= 0.3 is 5.97 Å². The Kier molecular flexibility index (Phi) is 6.77. The zero-order valence-corrected chi connectivity index (χ0v) is 21.6. The van der Waals surface area contributed by atoms with Gasteiger partial charge in [-0.25, -0.2) is 4.98 Å². The highest BCUT2D eigenvalue weighted by Gasteiger charge is 2.27. The monoisotopic (exact) mass is 505 g/mol. The van der Waals surface area contributed by atoms with Crippen LogP contribution in [0.1, 0.15) is 28.5 Å². The zero-order chi connectivity index (χ0) is 24.5. The van der Waals surface area contributed by atoms with Gasteiger partial charge in [-0.1, -0.05) is 59.8 Å². The van der Waals surface area contributed by atoms with E-state index in [9.17, 15) is 9.59 Å². The van der Waals surface area contributed by atoms with Crippen LogP contribution in [0.25, 0.3) is 15.9 Å². The molecule has 0 N–H and O–H groups in total. The number of methoxy groups -OCH3 is 1. The average Bonchev–Trinajstić information content (AvgIpc) is 3.23. The normalized spacial score (nSPS) is 14.6. The molecule has 6 nitrogen and oxygen atoms in total. The third-order valence-electron chi connectivity index (χ3n) is 6.28. The average molecular weight is 506 g/mol. The second-order valence-corrected chi connectivity index (χ2v) is 11.2. The summed E-state index contributed by atoms with van der Waals surface area (Å²) in [6.07, 6.45) is 0.817. The van der Waals surface area contributed by atoms with E-state index in [2.05, 4.69) is 29.2 Å². The summed E-state index contributed by atoms with van der Waals surface area (Å²) in [5.74, 6) is -0.346. The molecule has 0 bridgehead atoms. The Hall–Kier alpha value is -2.94. The maximum atomic E-state index is 13.9. The summed E-state index contributed by atoms with van der Waals surface area (Å²) in [4.78, 5) is 35.4. The maximum absolute atomic E-state index is 13.9. The fourth-order valence-electron chi connectivity index (χ4n) is 4.43. The Morgan fingerprint density at radius 3 is 2.63 bits per heavy atom. The fraction of sp³-hybridized carbons (Fsp3) is 0.296. The van der Waals surface area contributed by atoms with Crippen LogP contribution >= 0.6 is 23.1 Å². The minimum Gasteiger partial charge on any atom is -0.468 e. The first-order valence-electron chi connectivity index (χ1n) is 11.6.